The summed E-state index contributed by atoms with van der Waals surface area (Å²) in [6.45, 7) is 40.6. The lowest BCUT2D eigenvalue weighted by atomic mass is 9.73. The Morgan fingerprint density at radius 3 is 1.71 bits per heavy atom. The topological polar surface area (TPSA) is 80.3 Å². The summed E-state index contributed by atoms with van der Waals surface area (Å²) >= 11 is 0. The molecule has 7 atom stereocenters. The molecule has 66 heavy (non-hydrogen) atoms. The third-order valence-electron chi connectivity index (χ3n) is 17.5. The minimum Gasteiger partial charge on any atom is -0.496 e. The summed E-state index contributed by atoms with van der Waals surface area (Å²) in [5, 5.41) is 0.534. The maximum atomic E-state index is 13.5. The molecule has 6 rings (SSSR count). The summed E-state index contributed by atoms with van der Waals surface area (Å²) < 4.78 is 31.4. The summed E-state index contributed by atoms with van der Waals surface area (Å²) in [4.78, 5) is 26.3. The highest BCUT2D eigenvalue weighted by molar-refractivity contribution is 6.75. The summed E-state index contributed by atoms with van der Waals surface area (Å²) in [5.41, 5.74) is 7.42. The SMILES string of the molecule is COc1cccc2c1C[C@H]1CC(=O)C(CC[C@@H](C)CO[Si](C)(C)C(C)(C)C)=C1[C@@H]2O[Si](C)(C)C(C)(C)C.COc1cccc2c1C[C@H]1CC(=O)C(CC[C@@H](C)CO[Si](C)(C)C(C)(C)C)[C@H]1C2. The van der Waals surface area contributed by atoms with Crippen LogP contribution in [0.2, 0.25) is 54.4 Å². The number of carbonyl (C=O) groups excluding carboxylic acids is 2. The van der Waals surface area contributed by atoms with E-state index in [0.717, 1.165) is 81.7 Å². The lowest BCUT2D eigenvalue weighted by molar-refractivity contribution is -0.121. The first-order valence-electron chi connectivity index (χ1n) is 25.5. The number of hydrogen-bond donors (Lipinski definition) is 0. The van der Waals surface area contributed by atoms with Gasteiger partial charge in [0, 0.05) is 37.5 Å². The number of fused-ring (bicyclic) bond motifs is 4. The van der Waals surface area contributed by atoms with Gasteiger partial charge in [-0.3, -0.25) is 9.59 Å². The van der Waals surface area contributed by atoms with Gasteiger partial charge in [0.15, 0.2) is 30.7 Å². The van der Waals surface area contributed by atoms with E-state index in [-0.39, 0.29) is 33.1 Å². The molecule has 10 heteroatoms. The van der Waals surface area contributed by atoms with Gasteiger partial charge < -0.3 is 22.8 Å². The van der Waals surface area contributed by atoms with Crippen molar-refractivity contribution in [3.05, 3.63) is 69.8 Å². The number of hydrogen-bond acceptors (Lipinski definition) is 7. The highest BCUT2D eigenvalue weighted by Crippen LogP contribution is 2.53. The molecule has 0 amide bonds. The van der Waals surface area contributed by atoms with E-state index in [0.29, 0.717) is 41.7 Å². The highest BCUT2D eigenvalue weighted by atomic mass is 28.4. The van der Waals surface area contributed by atoms with Gasteiger partial charge >= 0.3 is 0 Å². The Balaban J connectivity index is 0.000000255. The van der Waals surface area contributed by atoms with E-state index in [1.165, 1.54) is 27.8 Å². The lowest BCUT2D eigenvalue weighted by Crippen LogP contribution is -2.43. The average molecular weight is 962 g/mol. The van der Waals surface area contributed by atoms with Crippen LogP contribution < -0.4 is 9.47 Å². The smallest absolute Gasteiger partial charge is 0.193 e. The molecule has 2 aromatic rings. The van der Waals surface area contributed by atoms with E-state index in [1.54, 1.807) is 14.2 Å². The fourth-order valence-electron chi connectivity index (χ4n) is 9.89. The van der Waals surface area contributed by atoms with Gasteiger partial charge in [-0.1, -0.05) is 100 Å². The van der Waals surface area contributed by atoms with Gasteiger partial charge in [-0.05, 0) is 169 Å². The Hall–Kier alpha value is -2.35. The molecule has 0 spiro atoms. The van der Waals surface area contributed by atoms with Crippen molar-refractivity contribution in [1.29, 1.82) is 0 Å². The molecule has 0 N–H and O–H groups in total. The zero-order chi connectivity index (χ0) is 49.4. The molecule has 0 bridgehead atoms. The largest absolute Gasteiger partial charge is 0.496 e. The molecule has 4 aliphatic rings. The Bertz CT molecular complexity index is 2050. The van der Waals surface area contributed by atoms with E-state index in [9.17, 15) is 9.59 Å². The molecule has 4 aliphatic carbocycles. The second kappa shape index (κ2) is 20.9. The van der Waals surface area contributed by atoms with Crippen molar-refractivity contribution in [2.24, 2.45) is 35.5 Å². The van der Waals surface area contributed by atoms with Gasteiger partial charge in [0.2, 0.25) is 0 Å². The zero-order valence-corrected chi connectivity index (χ0v) is 48.1. The van der Waals surface area contributed by atoms with Crippen LogP contribution in [0.5, 0.6) is 11.5 Å². The van der Waals surface area contributed by atoms with Crippen LogP contribution in [-0.4, -0.2) is 64.0 Å². The molecule has 1 saturated carbocycles. The number of methoxy groups -OCH3 is 2. The van der Waals surface area contributed by atoms with E-state index < -0.39 is 25.0 Å². The van der Waals surface area contributed by atoms with Crippen LogP contribution >= 0.6 is 0 Å². The predicted octanol–water partition coefficient (Wildman–Crippen LogP) is 14.7. The Morgan fingerprint density at radius 2 is 1.17 bits per heavy atom. The Labute approximate surface area is 405 Å². The first kappa shape index (κ1) is 54.6. The van der Waals surface area contributed by atoms with Crippen LogP contribution in [0.15, 0.2) is 47.5 Å². The highest BCUT2D eigenvalue weighted by Gasteiger charge is 2.48. The number of benzene rings is 2. The number of allylic oxidation sites excluding steroid dienone is 1. The Morgan fingerprint density at radius 1 is 0.636 bits per heavy atom. The minimum atomic E-state index is -2.10. The molecule has 7 nitrogen and oxygen atoms in total. The second-order valence-electron chi connectivity index (χ2n) is 25.4. The summed E-state index contributed by atoms with van der Waals surface area (Å²) in [5.74, 6) is 5.07. The van der Waals surface area contributed by atoms with Gasteiger partial charge in [-0.25, -0.2) is 0 Å². The van der Waals surface area contributed by atoms with Crippen molar-refractivity contribution < 1.29 is 32.3 Å². The quantitative estimate of drug-likeness (QED) is 0.155. The summed E-state index contributed by atoms with van der Waals surface area (Å²) in [7, 11) is -2.09. The van der Waals surface area contributed by atoms with E-state index >= 15 is 0 Å². The van der Waals surface area contributed by atoms with Crippen molar-refractivity contribution in [2.45, 2.75) is 194 Å². The number of ketones is 2. The molecule has 2 aromatic carbocycles. The van der Waals surface area contributed by atoms with Crippen molar-refractivity contribution in [2.75, 3.05) is 27.4 Å². The number of carbonyl (C=O) groups is 2. The standard InChI is InChI=1S/C31H52O4Si2.C25H40O3Si/c1-21(20-34-36(9,10)30(2,3)4)16-17-24-26(32)19-22-18-25-23(14-13-15-27(25)33-8)29(28(22)24)35-37(11,12)31(5,6)7;1-17(16-28-29(6,7)25(2,3)4)11-12-20-21-13-18-9-8-10-24(27-5)22(18)14-19(21)15-23(20)26/h13-15,21-22,29H,16-20H2,1-12H3;8-10,17,19-21H,11-16H2,1-7H3/t21-,22+,29-;17-,19+,20?,21+/m11/s1. The van der Waals surface area contributed by atoms with Crippen molar-refractivity contribution in [1.82, 2.24) is 0 Å². The molecule has 0 radical (unpaired) electrons. The molecule has 370 valence electrons. The molecule has 0 saturated heterocycles. The van der Waals surface area contributed by atoms with Gasteiger partial charge in [-0.2, -0.15) is 0 Å². The van der Waals surface area contributed by atoms with Gasteiger partial charge in [0.05, 0.1) is 20.3 Å². The molecule has 1 fully saturated rings. The Kier molecular flexibility index (Phi) is 17.3. The summed E-state index contributed by atoms with van der Waals surface area (Å²) in [6, 6.07) is 12.7. The number of rotatable bonds is 16. The van der Waals surface area contributed by atoms with Crippen molar-refractivity contribution >= 4 is 36.5 Å². The van der Waals surface area contributed by atoms with Gasteiger partial charge in [0.25, 0.3) is 0 Å². The molecular formula is C56H92O7Si3. The van der Waals surface area contributed by atoms with Gasteiger partial charge in [-0.15, -0.1) is 0 Å². The van der Waals surface area contributed by atoms with E-state index in [2.05, 4.69) is 146 Å². The molecule has 0 aliphatic heterocycles. The first-order chi connectivity index (χ1) is 30.4. The second-order valence-corrected chi connectivity index (χ2v) is 39.8. The predicted molar refractivity (Wildman–Crippen MR) is 281 cm³/mol. The summed E-state index contributed by atoms with van der Waals surface area (Å²) in [6.07, 6.45) is 7.93. The lowest BCUT2D eigenvalue weighted by Gasteiger charge is -2.43. The van der Waals surface area contributed by atoms with E-state index in [1.807, 2.05) is 6.07 Å². The third kappa shape index (κ3) is 12.3. The van der Waals surface area contributed by atoms with E-state index in [4.69, 9.17) is 22.8 Å². The zero-order valence-electron chi connectivity index (χ0n) is 45.1. The third-order valence-corrected chi connectivity index (χ3v) is 30.9. The molecular weight excluding hydrogens is 869 g/mol. The minimum absolute atomic E-state index is 0.0813. The molecule has 0 heterocycles. The van der Waals surface area contributed by atoms with Crippen LogP contribution in [0.25, 0.3) is 0 Å². The van der Waals surface area contributed by atoms with Crippen molar-refractivity contribution in [3.8, 4) is 11.5 Å². The first-order valence-corrected chi connectivity index (χ1v) is 34.2. The van der Waals surface area contributed by atoms with Crippen molar-refractivity contribution in [3.63, 3.8) is 0 Å². The van der Waals surface area contributed by atoms with Crippen LogP contribution in [0.3, 0.4) is 0 Å². The van der Waals surface area contributed by atoms with Crippen LogP contribution in [0.1, 0.15) is 143 Å². The van der Waals surface area contributed by atoms with Crippen LogP contribution in [0, 0.1) is 35.5 Å². The number of ether oxygens (including phenoxy) is 2. The fourth-order valence-corrected chi connectivity index (χ4v) is 13.4. The normalized spacial score (nSPS) is 23.3. The number of Topliss-reactive ketones (excluding diaryl/α,β-unsaturated/α-hetero) is 2. The molecule has 0 aromatic heterocycles. The average Bonchev–Trinajstić information content (AvgIpc) is 3.70. The van der Waals surface area contributed by atoms with Crippen LogP contribution in [0.4, 0.5) is 0 Å². The van der Waals surface area contributed by atoms with Crippen LogP contribution in [-0.2, 0) is 42.1 Å². The van der Waals surface area contributed by atoms with Gasteiger partial charge in [0.1, 0.15) is 17.3 Å². The maximum Gasteiger partial charge on any atom is 0.193 e. The molecule has 1 unspecified atom stereocenters. The maximum absolute atomic E-state index is 13.5. The monoisotopic (exact) mass is 961 g/mol. The fraction of sp³-hybridized carbons (Fsp3) is 0.714.